The van der Waals surface area contributed by atoms with E-state index >= 15 is 0 Å². The van der Waals surface area contributed by atoms with Gasteiger partial charge in [-0.05, 0) is 49.6 Å². The number of urea groups is 1. The molecule has 1 aliphatic rings. The fourth-order valence-electron chi connectivity index (χ4n) is 3.07. The Kier molecular flexibility index (Phi) is 5.71. The lowest BCUT2D eigenvalue weighted by Crippen LogP contribution is -2.40. The van der Waals surface area contributed by atoms with Crippen molar-refractivity contribution in [2.45, 2.75) is 32.2 Å². The summed E-state index contributed by atoms with van der Waals surface area (Å²) in [5.41, 5.74) is 1.34. The summed E-state index contributed by atoms with van der Waals surface area (Å²) >= 11 is 6.15. The van der Waals surface area contributed by atoms with Crippen molar-refractivity contribution in [3.63, 3.8) is 0 Å². The summed E-state index contributed by atoms with van der Waals surface area (Å²) in [5, 5.41) is 3.34. The van der Waals surface area contributed by atoms with E-state index in [1.165, 1.54) is 10.5 Å². The van der Waals surface area contributed by atoms with E-state index in [2.05, 4.69) is 17.4 Å². The van der Waals surface area contributed by atoms with Crippen LogP contribution in [0.4, 0.5) is 4.79 Å². The number of halogens is 1. The highest BCUT2D eigenvalue weighted by Crippen LogP contribution is 2.26. The van der Waals surface area contributed by atoms with Crippen molar-refractivity contribution >= 4 is 23.5 Å². The van der Waals surface area contributed by atoms with Crippen molar-refractivity contribution in [2.24, 2.45) is 0 Å². The standard InChI is InChI=1S/C21H23ClN2O3/c1-21(2)19(25)24(20(26)23-21)11-6-12-27-18-10-9-17(22)14-16(18)13-15-7-4-3-5-8-15/h3-5,7-10,14H,6,11-13H2,1-2H3,(H,23,26). The molecule has 0 unspecified atom stereocenters. The fourth-order valence-corrected chi connectivity index (χ4v) is 3.26. The van der Waals surface area contributed by atoms with E-state index in [9.17, 15) is 9.59 Å². The zero-order valence-electron chi connectivity index (χ0n) is 15.5. The molecule has 3 rings (SSSR count). The van der Waals surface area contributed by atoms with Crippen molar-refractivity contribution in [1.82, 2.24) is 10.2 Å². The molecule has 1 N–H and O–H groups in total. The molecular weight excluding hydrogens is 364 g/mol. The summed E-state index contributed by atoms with van der Waals surface area (Å²) in [6.45, 7) is 4.14. The van der Waals surface area contributed by atoms with Gasteiger partial charge in [0.1, 0.15) is 11.3 Å². The van der Waals surface area contributed by atoms with Crippen LogP contribution in [0.5, 0.6) is 5.75 Å². The van der Waals surface area contributed by atoms with E-state index in [1.807, 2.05) is 30.3 Å². The first kappa shape index (κ1) is 19.2. The largest absolute Gasteiger partial charge is 0.493 e. The Balaban J connectivity index is 1.58. The number of nitrogens with one attached hydrogen (secondary N) is 1. The second kappa shape index (κ2) is 8.01. The lowest BCUT2D eigenvalue weighted by atomic mass is 10.0. The molecule has 0 aliphatic carbocycles. The first-order valence-electron chi connectivity index (χ1n) is 8.96. The highest BCUT2D eigenvalue weighted by atomic mass is 35.5. The Morgan fingerprint density at radius 1 is 1.11 bits per heavy atom. The van der Waals surface area contributed by atoms with Gasteiger partial charge < -0.3 is 10.1 Å². The molecule has 1 fully saturated rings. The van der Waals surface area contributed by atoms with Gasteiger partial charge in [-0.2, -0.15) is 0 Å². The number of imide groups is 1. The predicted octanol–water partition coefficient (Wildman–Crippen LogP) is 4.03. The minimum atomic E-state index is -0.836. The van der Waals surface area contributed by atoms with Gasteiger partial charge in [0.2, 0.25) is 0 Å². The number of rotatable bonds is 7. The van der Waals surface area contributed by atoms with Crippen LogP contribution in [0.15, 0.2) is 48.5 Å². The van der Waals surface area contributed by atoms with Crippen LogP contribution < -0.4 is 10.1 Å². The number of benzene rings is 2. The fraction of sp³-hybridized carbons (Fsp3) is 0.333. The summed E-state index contributed by atoms with van der Waals surface area (Å²) in [6.07, 6.45) is 1.28. The van der Waals surface area contributed by atoms with Crippen LogP contribution in [0, 0.1) is 0 Å². The molecule has 0 aromatic heterocycles. The Hall–Kier alpha value is -2.53. The molecule has 1 aliphatic heterocycles. The molecule has 5 nitrogen and oxygen atoms in total. The summed E-state index contributed by atoms with van der Waals surface area (Å²) in [6, 6.07) is 15.3. The van der Waals surface area contributed by atoms with Crippen LogP contribution in [0.25, 0.3) is 0 Å². The van der Waals surface area contributed by atoms with Crippen molar-refractivity contribution in [1.29, 1.82) is 0 Å². The number of ether oxygens (including phenoxy) is 1. The third kappa shape index (κ3) is 4.61. The minimum Gasteiger partial charge on any atom is -0.493 e. The molecule has 0 saturated carbocycles. The van der Waals surface area contributed by atoms with E-state index < -0.39 is 5.54 Å². The quantitative estimate of drug-likeness (QED) is 0.577. The lowest BCUT2D eigenvalue weighted by molar-refractivity contribution is -0.130. The second-order valence-corrected chi connectivity index (χ2v) is 7.56. The van der Waals surface area contributed by atoms with Gasteiger partial charge in [0.15, 0.2) is 0 Å². The molecule has 0 spiro atoms. The molecule has 2 aromatic carbocycles. The first-order valence-corrected chi connectivity index (χ1v) is 9.34. The van der Waals surface area contributed by atoms with Crippen LogP contribution in [-0.2, 0) is 11.2 Å². The van der Waals surface area contributed by atoms with Crippen molar-refractivity contribution in [3.8, 4) is 5.75 Å². The van der Waals surface area contributed by atoms with Crippen LogP contribution in [0.3, 0.4) is 0 Å². The van der Waals surface area contributed by atoms with Gasteiger partial charge in [0, 0.05) is 18.0 Å². The molecule has 0 atom stereocenters. The SMILES string of the molecule is CC1(C)NC(=O)N(CCCOc2ccc(Cl)cc2Cc2ccccc2)C1=O. The van der Waals surface area contributed by atoms with Gasteiger partial charge in [0.25, 0.3) is 5.91 Å². The van der Waals surface area contributed by atoms with Crippen molar-refractivity contribution in [3.05, 3.63) is 64.7 Å². The second-order valence-electron chi connectivity index (χ2n) is 7.13. The topological polar surface area (TPSA) is 58.6 Å². The molecule has 0 radical (unpaired) electrons. The maximum Gasteiger partial charge on any atom is 0.325 e. The van der Waals surface area contributed by atoms with E-state index in [0.717, 1.165) is 17.7 Å². The summed E-state index contributed by atoms with van der Waals surface area (Å²) < 4.78 is 5.92. The molecule has 27 heavy (non-hydrogen) atoms. The number of hydrogen-bond acceptors (Lipinski definition) is 3. The maximum absolute atomic E-state index is 12.2. The zero-order valence-corrected chi connectivity index (χ0v) is 16.3. The zero-order chi connectivity index (χ0) is 19.4. The third-order valence-electron chi connectivity index (χ3n) is 4.49. The average molecular weight is 387 g/mol. The van der Waals surface area contributed by atoms with Crippen molar-refractivity contribution in [2.75, 3.05) is 13.2 Å². The Bertz CT molecular complexity index is 837. The number of amides is 3. The van der Waals surface area contributed by atoms with Crippen molar-refractivity contribution < 1.29 is 14.3 Å². The number of carbonyl (C=O) groups excluding carboxylic acids is 2. The minimum absolute atomic E-state index is 0.205. The number of hydrogen-bond donors (Lipinski definition) is 1. The summed E-state index contributed by atoms with van der Waals surface area (Å²) in [5.74, 6) is 0.560. The highest BCUT2D eigenvalue weighted by Gasteiger charge is 2.43. The van der Waals surface area contributed by atoms with Crippen LogP contribution in [0.2, 0.25) is 5.02 Å². The third-order valence-corrected chi connectivity index (χ3v) is 4.72. The van der Waals surface area contributed by atoms with Gasteiger partial charge >= 0.3 is 6.03 Å². The molecule has 3 amide bonds. The molecule has 6 heteroatoms. The first-order chi connectivity index (χ1) is 12.9. The van der Waals surface area contributed by atoms with Crippen LogP contribution >= 0.6 is 11.6 Å². The smallest absolute Gasteiger partial charge is 0.325 e. The summed E-state index contributed by atoms with van der Waals surface area (Å²) in [4.78, 5) is 25.3. The molecule has 1 heterocycles. The molecular formula is C21H23ClN2O3. The van der Waals surface area contributed by atoms with Crippen LogP contribution in [0.1, 0.15) is 31.4 Å². The molecule has 1 saturated heterocycles. The van der Waals surface area contributed by atoms with E-state index in [0.29, 0.717) is 24.6 Å². The van der Waals surface area contributed by atoms with Gasteiger partial charge in [-0.25, -0.2) is 4.79 Å². The van der Waals surface area contributed by atoms with E-state index in [4.69, 9.17) is 16.3 Å². The number of carbonyl (C=O) groups is 2. The normalized spacial score (nSPS) is 15.7. The van der Waals surface area contributed by atoms with Gasteiger partial charge in [0.05, 0.1) is 6.61 Å². The lowest BCUT2D eigenvalue weighted by Gasteiger charge is -2.16. The van der Waals surface area contributed by atoms with Gasteiger partial charge in [-0.15, -0.1) is 0 Å². The predicted molar refractivity (Wildman–Crippen MR) is 105 cm³/mol. The monoisotopic (exact) mass is 386 g/mol. The highest BCUT2D eigenvalue weighted by molar-refractivity contribution is 6.30. The average Bonchev–Trinajstić information content (AvgIpc) is 2.82. The molecule has 2 aromatic rings. The molecule has 142 valence electrons. The Morgan fingerprint density at radius 3 is 2.52 bits per heavy atom. The van der Waals surface area contributed by atoms with E-state index in [1.54, 1.807) is 19.9 Å². The Labute approximate surface area is 164 Å². The Morgan fingerprint density at radius 2 is 1.85 bits per heavy atom. The van der Waals surface area contributed by atoms with Gasteiger partial charge in [-0.1, -0.05) is 41.9 Å². The van der Waals surface area contributed by atoms with E-state index in [-0.39, 0.29) is 11.9 Å². The van der Waals surface area contributed by atoms with Crippen LogP contribution in [-0.4, -0.2) is 35.5 Å². The molecule has 0 bridgehead atoms. The maximum atomic E-state index is 12.2. The number of nitrogens with zero attached hydrogens (tertiary/aromatic N) is 1. The van der Waals surface area contributed by atoms with Gasteiger partial charge in [-0.3, -0.25) is 9.69 Å². The summed E-state index contributed by atoms with van der Waals surface area (Å²) in [7, 11) is 0.